The Hall–Kier alpha value is -1.18. The zero-order valence-corrected chi connectivity index (χ0v) is 9.00. The fourth-order valence-electron chi connectivity index (χ4n) is 1.81. The van der Waals surface area contributed by atoms with Gasteiger partial charge >= 0.3 is 0 Å². The zero-order chi connectivity index (χ0) is 10.8. The number of anilines is 1. The summed E-state index contributed by atoms with van der Waals surface area (Å²) < 4.78 is 7.21. The fourth-order valence-corrected chi connectivity index (χ4v) is 2.02. The molecular weight excluding hydrogens is 214 g/mol. The number of hydrogen-bond acceptors (Lipinski definition) is 3. The lowest BCUT2D eigenvalue weighted by Crippen LogP contribution is -2.16. The second kappa shape index (κ2) is 4.13. The van der Waals surface area contributed by atoms with Crippen molar-refractivity contribution < 1.29 is 4.74 Å². The molecule has 4 nitrogen and oxygen atoms in total. The van der Waals surface area contributed by atoms with Crippen LogP contribution in [0, 0.1) is 11.3 Å². The average Bonchev–Trinajstić information content (AvgIpc) is 2.82. The van der Waals surface area contributed by atoms with Gasteiger partial charge in [-0.15, -0.1) is 0 Å². The van der Waals surface area contributed by atoms with Gasteiger partial charge in [-0.2, -0.15) is 5.26 Å². The largest absolute Gasteiger partial charge is 0.396 e. The molecule has 0 bridgehead atoms. The van der Waals surface area contributed by atoms with E-state index in [4.69, 9.17) is 27.3 Å². The van der Waals surface area contributed by atoms with Crippen LogP contribution in [0.3, 0.4) is 0 Å². The Kier molecular flexibility index (Phi) is 2.85. The summed E-state index contributed by atoms with van der Waals surface area (Å²) in [6.07, 6.45) is 2.24. The maximum absolute atomic E-state index is 8.90. The average molecular weight is 226 g/mol. The summed E-state index contributed by atoms with van der Waals surface area (Å²) in [5.41, 5.74) is 6.59. The molecule has 1 aromatic rings. The number of nitrogen functional groups attached to an aromatic ring is 1. The van der Waals surface area contributed by atoms with E-state index in [0.29, 0.717) is 23.1 Å². The van der Waals surface area contributed by atoms with Crippen LogP contribution in [0.15, 0.2) is 6.07 Å². The predicted octanol–water partition coefficient (Wildman–Crippen LogP) is 1.77. The van der Waals surface area contributed by atoms with Crippen molar-refractivity contribution in [1.29, 1.82) is 5.26 Å². The van der Waals surface area contributed by atoms with Gasteiger partial charge in [0.05, 0.1) is 18.3 Å². The number of nitrogens with zero attached hydrogens (tertiary/aromatic N) is 2. The molecule has 2 rings (SSSR count). The molecule has 2 heterocycles. The number of rotatable bonds is 2. The summed E-state index contributed by atoms with van der Waals surface area (Å²) >= 11 is 6.00. The molecular formula is C10H12ClN3O. The summed E-state index contributed by atoms with van der Waals surface area (Å²) in [5, 5.41) is 9.34. The highest BCUT2D eigenvalue weighted by Gasteiger charge is 2.19. The molecule has 5 heteroatoms. The molecule has 1 saturated heterocycles. The monoisotopic (exact) mass is 225 g/mol. The van der Waals surface area contributed by atoms with E-state index in [9.17, 15) is 0 Å². The van der Waals surface area contributed by atoms with Crippen molar-refractivity contribution in [2.24, 2.45) is 0 Å². The number of nitrogens with two attached hydrogens (primary N) is 1. The van der Waals surface area contributed by atoms with Gasteiger partial charge in [0.25, 0.3) is 0 Å². The van der Waals surface area contributed by atoms with Crippen molar-refractivity contribution >= 4 is 17.3 Å². The Balaban J connectivity index is 2.22. The zero-order valence-electron chi connectivity index (χ0n) is 8.24. The highest BCUT2D eigenvalue weighted by atomic mass is 35.5. The third-order valence-electron chi connectivity index (χ3n) is 2.58. The van der Waals surface area contributed by atoms with E-state index in [-0.39, 0.29) is 6.10 Å². The molecule has 1 fully saturated rings. The van der Waals surface area contributed by atoms with Crippen LogP contribution in [0.2, 0.25) is 5.15 Å². The van der Waals surface area contributed by atoms with E-state index in [2.05, 4.69) is 6.07 Å². The van der Waals surface area contributed by atoms with Crippen LogP contribution in [0.1, 0.15) is 18.5 Å². The smallest absolute Gasteiger partial charge is 0.133 e. The maximum Gasteiger partial charge on any atom is 0.133 e. The minimum atomic E-state index is 0.154. The Morgan fingerprint density at radius 1 is 1.73 bits per heavy atom. The second-order valence-electron chi connectivity index (χ2n) is 3.63. The lowest BCUT2D eigenvalue weighted by atomic mass is 10.2. The molecule has 0 amide bonds. The van der Waals surface area contributed by atoms with Gasteiger partial charge in [0.2, 0.25) is 0 Å². The third kappa shape index (κ3) is 1.94. The first-order valence-corrected chi connectivity index (χ1v) is 5.26. The van der Waals surface area contributed by atoms with E-state index in [1.165, 1.54) is 0 Å². The van der Waals surface area contributed by atoms with Gasteiger partial charge < -0.3 is 15.0 Å². The van der Waals surface area contributed by atoms with Crippen LogP contribution >= 0.6 is 11.6 Å². The topological polar surface area (TPSA) is 64.0 Å². The Labute approximate surface area is 93.2 Å². The molecule has 15 heavy (non-hydrogen) atoms. The van der Waals surface area contributed by atoms with Crippen LogP contribution in [-0.2, 0) is 11.3 Å². The Morgan fingerprint density at radius 2 is 2.53 bits per heavy atom. The molecule has 2 N–H and O–H groups in total. The molecule has 1 aliphatic rings. The predicted molar refractivity (Wildman–Crippen MR) is 57.5 cm³/mol. The number of halogens is 1. The molecule has 1 aliphatic heterocycles. The number of aromatic nitrogens is 1. The number of hydrogen-bond donors (Lipinski definition) is 1. The molecule has 0 unspecified atom stereocenters. The normalized spacial score (nSPS) is 20.4. The first kappa shape index (κ1) is 10.3. The SMILES string of the molecule is N#Cc1cc(N)c(Cl)n1C[C@@H]1CCCO1. The first-order chi connectivity index (χ1) is 7.22. The summed E-state index contributed by atoms with van der Waals surface area (Å²) in [4.78, 5) is 0. The van der Waals surface area contributed by atoms with Crippen LogP contribution in [0.4, 0.5) is 5.69 Å². The summed E-state index contributed by atoms with van der Waals surface area (Å²) in [6, 6.07) is 3.67. The van der Waals surface area contributed by atoms with E-state index in [1.54, 1.807) is 10.6 Å². The summed E-state index contributed by atoms with van der Waals surface area (Å²) in [7, 11) is 0. The number of ether oxygens (including phenoxy) is 1. The molecule has 80 valence electrons. The van der Waals surface area contributed by atoms with Crippen LogP contribution in [-0.4, -0.2) is 17.3 Å². The van der Waals surface area contributed by atoms with Gasteiger partial charge in [-0.3, -0.25) is 0 Å². The van der Waals surface area contributed by atoms with Gasteiger partial charge in [0.15, 0.2) is 0 Å². The molecule has 1 aromatic heterocycles. The molecule has 0 saturated carbocycles. The Bertz CT molecular complexity index is 402. The first-order valence-electron chi connectivity index (χ1n) is 4.88. The molecule has 0 spiro atoms. The van der Waals surface area contributed by atoms with E-state index < -0.39 is 0 Å². The minimum Gasteiger partial charge on any atom is -0.396 e. The van der Waals surface area contributed by atoms with Crippen molar-refractivity contribution in [3.8, 4) is 6.07 Å². The molecule has 0 aliphatic carbocycles. The van der Waals surface area contributed by atoms with Crippen molar-refractivity contribution in [1.82, 2.24) is 4.57 Å². The summed E-state index contributed by atoms with van der Waals surface area (Å²) in [5.74, 6) is 0. The fraction of sp³-hybridized carbons (Fsp3) is 0.500. The van der Waals surface area contributed by atoms with Crippen molar-refractivity contribution in [2.45, 2.75) is 25.5 Å². The van der Waals surface area contributed by atoms with Gasteiger partial charge in [0, 0.05) is 6.61 Å². The molecule has 0 aromatic carbocycles. The highest BCUT2D eigenvalue weighted by molar-refractivity contribution is 6.32. The lowest BCUT2D eigenvalue weighted by Gasteiger charge is -2.12. The number of nitriles is 1. The van der Waals surface area contributed by atoms with Gasteiger partial charge in [-0.1, -0.05) is 11.6 Å². The quantitative estimate of drug-likeness (QED) is 0.835. The molecule has 1 atom stereocenters. The van der Waals surface area contributed by atoms with Gasteiger partial charge in [-0.05, 0) is 18.9 Å². The maximum atomic E-state index is 8.90. The standard InChI is InChI=1S/C10H12ClN3O/c11-10-9(13)4-7(5-12)14(10)6-8-2-1-3-15-8/h4,8H,1-3,6,13H2/t8-/m0/s1. The van der Waals surface area contributed by atoms with Crippen LogP contribution in [0.5, 0.6) is 0 Å². The molecule has 0 radical (unpaired) electrons. The van der Waals surface area contributed by atoms with Crippen molar-refractivity contribution in [3.05, 3.63) is 16.9 Å². The van der Waals surface area contributed by atoms with Crippen molar-refractivity contribution in [2.75, 3.05) is 12.3 Å². The van der Waals surface area contributed by atoms with Crippen LogP contribution < -0.4 is 5.73 Å². The van der Waals surface area contributed by atoms with Crippen LogP contribution in [0.25, 0.3) is 0 Å². The van der Waals surface area contributed by atoms with E-state index in [1.807, 2.05) is 0 Å². The van der Waals surface area contributed by atoms with Gasteiger partial charge in [-0.25, -0.2) is 0 Å². The second-order valence-corrected chi connectivity index (χ2v) is 3.99. The lowest BCUT2D eigenvalue weighted by molar-refractivity contribution is 0.0970. The Morgan fingerprint density at radius 3 is 3.13 bits per heavy atom. The summed E-state index contributed by atoms with van der Waals surface area (Å²) in [6.45, 7) is 1.40. The highest BCUT2D eigenvalue weighted by Crippen LogP contribution is 2.25. The van der Waals surface area contributed by atoms with Gasteiger partial charge in [0.1, 0.15) is 16.9 Å². The third-order valence-corrected chi connectivity index (χ3v) is 3.01. The van der Waals surface area contributed by atoms with E-state index in [0.717, 1.165) is 19.4 Å². The van der Waals surface area contributed by atoms with Crippen molar-refractivity contribution in [3.63, 3.8) is 0 Å². The van der Waals surface area contributed by atoms with E-state index >= 15 is 0 Å². The minimum absolute atomic E-state index is 0.154.